The first-order valence-corrected chi connectivity index (χ1v) is 28.8. The molecule has 0 aliphatic heterocycles. The van der Waals surface area contributed by atoms with Crippen molar-refractivity contribution >= 4 is 23.9 Å². The van der Waals surface area contributed by atoms with Gasteiger partial charge < -0.3 is 37.9 Å². The van der Waals surface area contributed by atoms with Crippen LogP contribution in [0.2, 0.25) is 0 Å². The van der Waals surface area contributed by atoms with Gasteiger partial charge in [0.1, 0.15) is 23.0 Å². The van der Waals surface area contributed by atoms with E-state index in [9.17, 15) is 19.2 Å². The Kier molecular flexibility index (Phi) is 24.7. The Labute approximate surface area is 483 Å². The van der Waals surface area contributed by atoms with Gasteiger partial charge in [0.25, 0.3) is 0 Å². The number of benzene rings is 7. The Morgan fingerprint density at radius 2 is 0.683 bits per heavy atom. The van der Waals surface area contributed by atoms with Gasteiger partial charge in [-0.25, -0.2) is 19.2 Å². The Hall–Kier alpha value is -8.64. The van der Waals surface area contributed by atoms with Crippen molar-refractivity contribution in [2.24, 2.45) is 0 Å². The lowest BCUT2D eigenvalue weighted by Gasteiger charge is -2.12. The highest BCUT2D eigenvalue weighted by atomic mass is 16.6. The number of methoxy groups -OCH3 is 2. The van der Waals surface area contributed by atoms with E-state index in [1.807, 2.05) is 78.9 Å². The monoisotopic (exact) mass is 1110 g/mol. The second-order valence-electron chi connectivity index (χ2n) is 20.0. The zero-order valence-electron chi connectivity index (χ0n) is 47.6. The average molecular weight is 1110 g/mol. The lowest BCUT2D eigenvalue weighted by atomic mass is 10.1. The van der Waals surface area contributed by atoms with Crippen molar-refractivity contribution in [1.82, 2.24) is 0 Å². The van der Waals surface area contributed by atoms with Crippen molar-refractivity contribution in [2.45, 2.75) is 116 Å². The van der Waals surface area contributed by atoms with Gasteiger partial charge in [-0.3, -0.25) is 0 Å². The molecule has 12 nitrogen and oxygen atoms in total. The van der Waals surface area contributed by atoms with Crippen molar-refractivity contribution in [1.29, 1.82) is 0 Å². The molecule has 0 aromatic heterocycles. The molecule has 7 aromatic carbocycles. The quantitative estimate of drug-likeness (QED) is 0.0164. The topological polar surface area (TPSA) is 142 Å². The molecule has 82 heavy (non-hydrogen) atoms. The number of carbonyl (C=O) groups excluding carboxylic acids is 4. The third-order valence-corrected chi connectivity index (χ3v) is 13.9. The molecule has 0 radical (unpaired) electrons. The van der Waals surface area contributed by atoms with Crippen LogP contribution in [0.5, 0.6) is 46.0 Å². The van der Waals surface area contributed by atoms with Gasteiger partial charge in [0, 0.05) is 0 Å². The normalized spacial score (nSPS) is 10.8. The fraction of sp³-hybridized carbons (Fsp3) is 0.314. The van der Waals surface area contributed by atoms with E-state index < -0.39 is 23.9 Å². The van der Waals surface area contributed by atoms with Crippen LogP contribution in [0.3, 0.4) is 0 Å². The summed E-state index contributed by atoms with van der Waals surface area (Å²) in [4.78, 5) is 53.4. The molecule has 0 unspecified atom stereocenters. The molecule has 0 aliphatic rings. The molecule has 0 N–H and O–H groups in total. The summed E-state index contributed by atoms with van der Waals surface area (Å²) >= 11 is 0. The van der Waals surface area contributed by atoms with Crippen molar-refractivity contribution in [3.05, 3.63) is 193 Å². The second kappa shape index (κ2) is 33.2. The van der Waals surface area contributed by atoms with Crippen molar-refractivity contribution in [3.63, 3.8) is 0 Å². The second-order valence-corrected chi connectivity index (χ2v) is 20.0. The molecule has 0 aliphatic carbocycles. The number of esters is 4. The molecule has 0 saturated carbocycles. The summed E-state index contributed by atoms with van der Waals surface area (Å²) in [6, 6.07) is 44.6. The minimum Gasteiger partial charge on any atom is -0.494 e. The highest BCUT2D eigenvalue weighted by Crippen LogP contribution is 2.33. The van der Waals surface area contributed by atoms with Crippen molar-refractivity contribution < 1.29 is 57.1 Å². The summed E-state index contributed by atoms with van der Waals surface area (Å²) < 4.78 is 45.6. The van der Waals surface area contributed by atoms with E-state index in [1.165, 1.54) is 158 Å². The molecule has 12 heteroatoms. The molecule has 7 aromatic rings. The summed E-state index contributed by atoms with van der Waals surface area (Å²) in [6.07, 6.45) is 23.0. The largest absolute Gasteiger partial charge is 0.494 e. The predicted octanol–water partition coefficient (Wildman–Crippen LogP) is 17.5. The number of unbranched alkanes of at least 4 members (excludes halogenated alkanes) is 15. The summed E-state index contributed by atoms with van der Waals surface area (Å²) in [5.41, 5.74) is 4.29. The van der Waals surface area contributed by atoms with Crippen LogP contribution < -0.4 is 37.9 Å². The first-order chi connectivity index (χ1) is 40.1. The number of hydrogen-bond donors (Lipinski definition) is 0. The molecule has 0 amide bonds. The minimum atomic E-state index is -0.800. The van der Waals surface area contributed by atoms with E-state index in [4.69, 9.17) is 37.9 Å². The lowest BCUT2D eigenvalue weighted by molar-refractivity contribution is 0.0720. The van der Waals surface area contributed by atoms with Crippen LogP contribution >= 0.6 is 0 Å². The molecule has 0 heterocycles. The highest BCUT2D eigenvalue weighted by molar-refractivity contribution is 5.98. The van der Waals surface area contributed by atoms with Crippen LogP contribution in [0.25, 0.3) is 22.3 Å². The number of carbonyl (C=O) groups is 4. The standard InChI is InChI=1S/C70H76O12/c1-5-7-9-11-13-15-17-19-21-46-77-59-36-26-51(27-37-59)53-30-40-61(41-31-53)79-67(71)57-34-44-63(65(49-57)75-3)81-69(73)55-24-23-25-56(48-55)70(74)82-64-45-35-58(50-66(64)76-4)68(72)80-62-42-32-54(33-43-62)52-28-38-60(39-29-52)78-47-22-20-18-16-14-12-10-8-6-2/h5,23-45,48-50H,1,6-22,46-47H2,2-4H3. The average Bonchev–Trinajstić information content (AvgIpc) is 3.56. The van der Waals surface area contributed by atoms with Gasteiger partial charge in [-0.15, -0.1) is 6.58 Å². The number of rotatable bonds is 34. The maximum atomic E-state index is 13.4. The molecular weight excluding hydrogens is 1030 g/mol. The van der Waals surface area contributed by atoms with Crippen LogP contribution in [0.4, 0.5) is 0 Å². The third kappa shape index (κ3) is 19.3. The van der Waals surface area contributed by atoms with Crippen LogP contribution in [-0.2, 0) is 0 Å². The summed E-state index contributed by atoms with van der Waals surface area (Å²) in [5.74, 6) is -0.258. The number of allylic oxidation sites excluding steroid dienone is 1. The van der Waals surface area contributed by atoms with Gasteiger partial charge in [0.15, 0.2) is 23.0 Å². The predicted molar refractivity (Wildman–Crippen MR) is 321 cm³/mol. The van der Waals surface area contributed by atoms with Gasteiger partial charge in [-0.05, 0) is 151 Å². The maximum Gasteiger partial charge on any atom is 0.343 e. The van der Waals surface area contributed by atoms with E-state index >= 15 is 0 Å². The zero-order chi connectivity index (χ0) is 57.7. The van der Waals surface area contributed by atoms with E-state index in [-0.39, 0.29) is 45.3 Å². The number of ether oxygens (including phenoxy) is 8. The molecule has 7 rings (SSSR count). The van der Waals surface area contributed by atoms with Gasteiger partial charge in [0.05, 0.1) is 49.7 Å². The Morgan fingerprint density at radius 3 is 1.05 bits per heavy atom. The van der Waals surface area contributed by atoms with E-state index in [0.29, 0.717) is 24.7 Å². The van der Waals surface area contributed by atoms with Crippen LogP contribution in [-0.4, -0.2) is 51.3 Å². The first-order valence-electron chi connectivity index (χ1n) is 28.8. The fourth-order valence-electron chi connectivity index (χ4n) is 9.17. The summed E-state index contributed by atoms with van der Waals surface area (Å²) in [7, 11) is 2.76. The molecule has 0 fully saturated rings. The van der Waals surface area contributed by atoms with Gasteiger partial charge in [-0.2, -0.15) is 0 Å². The van der Waals surface area contributed by atoms with Crippen LogP contribution in [0.1, 0.15) is 158 Å². The van der Waals surface area contributed by atoms with Gasteiger partial charge in [-0.1, -0.05) is 151 Å². The van der Waals surface area contributed by atoms with Crippen LogP contribution in [0.15, 0.2) is 170 Å². The molecule has 0 saturated heterocycles. The Balaban J connectivity index is 0.847. The molecule has 0 bridgehead atoms. The number of hydrogen-bond acceptors (Lipinski definition) is 12. The maximum absolute atomic E-state index is 13.4. The fourth-order valence-corrected chi connectivity index (χ4v) is 9.17. The van der Waals surface area contributed by atoms with Gasteiger partial charge >= 0.3 is 23.9 Å². The Bertz CT molecular complexity index is 3130. The Morgan fingerprint density at radius 1 is 0.354 bits per heavy atom. The lowest BCUT2D eigenvalue weighted by Crippen LogP contribution is -2.14. The van der Waals surface area contributed by atoms with Crippen molar-refractivity contribution in [2.75, 3.05) is 27.4 Å². The summed E-state index contributed by atoms with van der Waals surface area (Å²) in [5, 5.41) is 0. The zero-order valence-corrected chi connectivity index (χ0v) is 47.6. The molecular formula is C70H76O12. The van der Waals surface area contributed by atoms with Crippen LogP contribution in [0, 0.1) is 0 Å². The molecule has 0 spiro atoms. The van der Waals surface area contributed by atoms with Crippen molar-refractivity contribution in [3.8, 4) is 68.2 Å². The van der Waals surface area contributed by atoms with E-state index in [1.54, 1.807) is 24.3 Å². The van der Waals surface area contributed by atoms with E-state index in [0.717, 1.165) is 59.4 Å². The first kappa shape index (κ1) is 61.0. The minimum absolute atomic E-state index is 0.0327. The molecule has 0 atom stereocenters. The van der Waals surface area contributed by atoms with E-state index in [2.05, 4.69) is 13.5 Å². The van der Waals surface area contributed by atoms with Gasteiger partial charge in [0.2, 0.25) is 0 Å². The highest BCUT2D eigenvalue weighted by Gasteiger charge is 2.21. The molecule has 428 valence electrons. The summed E-state index contributed by atoms with van der Waals surface area (Å²) in [6.45, 7) is 7.42. The third-order valence-electron chi connectivity index (χ3n) is 13.9. The SMILES string of the molecule is C=CCCCCCCCCCOc1ccc(-c2ccc(OC(=O)c3ccc(OC(=O)c4cccc(C(=O)Oc5ccc(C(=O)Oc6ccc(-c7ccc(OCCCCCCCCCCC)cc7)cc6)cc5OC)c4)c(OC)c3)cc2)cc1. The smallest absolute Gasteiger partial charge is 0.343 e.